The number of rotatable bonds is 5. The predicted molar refractivity (Wildman–Crippen MR) is 94.6 cm³/mol. The molecule has 3 aromatic rings. The van der Waals surface area contributed by atoms with E-state index >= 15 is 0 Å². The van der Waals surface area contributed by atoms with Crippen LogP contribution >= 0.6 is 0 Å². The van der Waals surface area contributed by atoms with Gasteiger partial charge in [0.1, 0.15) is 5.69 Å². The number of hydrogen-bond acceptors (Lipinski definition) is 3. The van der Waals surface area contributed by atoms with Crippen LogP contribution in [0.2, 0.25) is 0 Å². The number of nitrogens with zero attached hydrogens (tertiary/aromatic N) is 1. The molecule has 0 aliphatic rings. The van der Waals surface area contributed by atoms with Crippen LogP contribution in [0.1, 0.15) is 19.4 Å². The molecule has 0 heterocycles. The Morgan fingerprint density at radius 1 is 0.826 bits per heavy atom. The van der Waals surface area contributed by atoms with Gasteiger partial charge in [-0.05, 0) is 25.0 Å². The number of anilines is 1. The van der Waals surface area contributed by atoms with Gasteiger partial charge in [0.05, 0.1) is 5.56 Å². The first-order valence-corrected chi connectivity index (χ1v) is 7.79. The lowest BCUT2D eigenvalue weighted by atomic mass is 9.96. The molecule has 0 spiro atoms. The van der Waals surface area contributed by atoms with Gasteiger partial charge in [-0.2, -0.15) is 0 Å². The minimum atomic E-state index is -0.384. The smallest absolute Gasteiger partial charge is 0.250 e. The first-order valence-electron chi connectivity index (χ1n) is 7.79. The van der Waals surface area contributed by atoms with E-state index < -0.39 is 0 Å². The van der Waals surface area contributed by atoms with Crippen LogP contribution in [0, 0.1) is 0 Å². The fraction of sp³-hybridized carbons (Fsp3) is 0.200. The molecular weight excluding hydrogens is 286 g/mol. The maximum absolute atomic E-state index is 12.2. The SMILES string of the molecule is CC(C)N(Cc1ccccc1)c1c(-c2ccccc2)c(=O)c1=O. The zero-order valence-corrected chi connectivity index (χ0v) is 13.3. The molecule has 0 aromatic heterocycles. The average molecular weight is 305 g/mol. The van der Waals surface area contributed by atoms with E-state index in [1.54, 1.807) is 0 Å². The molecule has 0 atom stereocenters. The Bertz CT molecular complexity index is 860. The van der Waals surface area contributed by atoms with Gasteiger partial charge in [-0.3, -0.25) is 9.59 Å². The van der Waals surface area contributed by atoms with Crippen LogP contribution in [0.4, 0.5) is 5.69 Å². The average Bonchev–Trinajstić information content (AvgIpc) is 2.58. The Morgan fingerprint density at radius 3 is 1.96 bits per heavy atom. The quantitative estimate of drug-likeness (QED) is 0.678. The molecule has 0 amide bonds. The van der Waals surface area contributed by atoms with E-state index in [-0.39, 0.29) is 16.9 Å². The lowest BCUT2D eigenvalue weighted by Crippen LogP contribution is -2.44. The normalized spacial score (nSPS) is 11.1. The van der Waals surface area contributed by atoms with Gasteiger partial charge < -0.3 is 4.90 Å². The summed E-state index contributed by atoms with van der Waals surface area (Å²) in [7, 11) is 0. The minimum absolute atomic E-state index is 0.126. The summed E-state index contributed by atoms with van der Waals surface area (Å²) in [6, 6.07) is 19.5. The molecule has 0 saturated heterocycles. The maximum Gasteiger partial charge on any atom is 0.250 e. The Hall–Kier alpha value is -2.68. The second kappa shape index (κ2) is 6.21. The van der Waals surface area contributed by atoms with Gasteiger partial charge in [-0.15, -0.1) is 0 Å². The summed E-state index contributed by atoms with van der Waals surface area (Å²) >= 11 is 0. The van der Waals surface area contributed by atoms with Crippen LogP contribution in [0.15, 0.2) is 70.3 Å². The highest BCUT2D eigenvalue weighted by atomic mass is 16.2. The summed E-state index contributed by atoms with van der Waals surface area (Å²) in [4.78, 5) is 26.4. The number of hydrogen-bond donors (Lipinski definition) is 0. The molecule has 3 nitrogen and oxygen atoms in total. The summed E-state index contributed by atoms with van der Waals surface area (Å²) in [5.74, 6) is 0. The van der Waals surface area contributed by atoms with Gasteiger partial charge in [-0.25, -0.2) is 0 Å². The van der Waals surface area contributed by atoms with Crippen molar-refractivity contribution in [2.75, 3.05) is 4.90 Å². The highest BCUT2D eigenvalue weighted by Crippen LogP contribution is 2.29. The molecule has 0 N–H and O–H groups in total. The van der Waals surface area contributed by atoms with Gasteiger partial charge in [0.2, 0.25) is 10.9 Å². The van der Waals surface area contributed by atoms with Crippen molar-refractivity contribution in [1.29, 1.82) is 0 Å². The van der Waals surface area contributed by atoms with Gasteiger partial charge >= 0.3 is 0 Å². The molecular formula is C20H19NO2. The second-order valence-corrected chi connectivity index (χ2v) is 5.96. The molecule has 3 rings (SSSR count). The Labute approximate surface area is 135 Å². The summed E-state index contributed by atoms with van der Waals surface area (Å²) in [6.45, 7) is 4.69. The summed E-state index contributed by atoms with van der Waals surface area (Å²) in [5.41, 5.74) is 2.25. The van der Waals surface area contributed by atoms with Crippen LogP contribution < -0.4 is 15.8 Å². The lowest BCUT2D eigenvalue weighted by molar-refractivity contribution is 0.678. The summed E-state index contributed by atoms with van der Waals surface area (Å²) in [6.07, 6.45) is 0. The Morgan fingerprint density at radius 2 is 1.39 bits per heavy atom. The lowest BCUT2D eigenvalue weighted by Gasteiger charge is -2.31. The molecule has 3 aromatic carbocycles. The molecule has 23 heavy (non-hydrogen) atoms. The predicted octanol–water partition coefficient (Wildman–Crippen LogP) is 3.36. The van der Waals surface area contributed by atoms with Gasteiger partial charge in [0, 0.05) is 12.6 Å². The Kier molecular flexibility index (Phi) is 4.11. The van der Waals surface area contributed by atoms with Crippen molar-refractivity contribution in [1.82, 2.24) is 0 Å². The van der Waals surface area contributed by atoms with Crippen LogP contribution in [-0.4, -0.2) is 6.04 Å². The molecule has 0 bridgehead atoms. The van der Waals surface area contributed by atoms with Crippen molar-refractivity contribution >= 4 is 5.69 Å². The molecule has 116 valence electrons. The minimum Gasteiger partial charge on any atom is -0.361 e. The zero-order valence-electron chi connectivity index (χ0n) is 13.3. The fourth-order valence-corrected chi connectivity index (χ4v) is 2.83. The van der Waals surface area contributed by atoms with E-state index in [0.29, 0.717) is 17.8 Å². The largest absolute Gasteiger partial charge is 0.361 e. The zero-order chi connectivity index (χ0) is 16.4. The van der Waals surface area contributed by atoms with Crippen LogP contribution in [0.5, 0.6) is 0 Å². The molecule has 0 saturated carbocycles. The van der Waals surface area contributed by atoms with Crippen LogP contribution in [0.3, 0.4) is 0 Å². The summed E-state index contributed by atoms with van der Waals surface area (Å²) < 4.78 is 0. The summed E-state index contributed by atoms with van der Waals surface area (Å²) in [5, 5.41) is 0. The van der Waals surface area contributed by atoms with Crippen molar-refractivity contribution in [2.24, 2.45) is 0 Å². The highest BCUT2D eigenvalue weighted by Gasteiger charge is 2.28. The second-order valence-electron chi connectivity index (χ2n) is 5.96. The van der Waals surface area contributed by atoms with E-state index in [1.807, 2.05) is 79.4 Å². The van der Waals surface area contributed by atoms with Crippen molar-refractivity contribution in [2.45, 2.75) is 26.4 Å². The van der Waals surface area contributed by atoms with Gasteiger partial charge in [-0.1, -0.05) is 60.7 Å². The molecule has 0 fully saturated rings. The van der Waals surface area contributed by atoms with Crippen molar-refractivity contribution in [3.63, 3.8) is 0 Å². The number of benzene rings is 2. The molecule has 0 unspecified atom stereocenters. The van der Waals surface area contributed by atoms with Crippen molar-refractivity contribution in [3.8, 4) is 11.1 Å². The van der Waals surface area contributed by atoms with Crippen molar-refractivity contribution in [3.05, 3.63) is 86.7 Å². The van der Waals surface area contributed by atoms with Crippen LogP contribution in [0.25, 0.3) is 11.1 Å². The van der Waals surface area contributed by atoms with Gasteiger partial charge in [0.25, 0.3) is 0 Å². The van der Waals surface area contributed by atoms with E-state index in [0.717, 1.165) is 11.1 Å². The van der Waals surface area contributed by atoms with Crippen LogP contribution in [-0.2, 0) is 6.54 Å². The van der Waals surface area contributed by atoms with E-state index in [1.165, 1.54) is 0 Å². The monoisotopic (exact) mass is 305 g/mol. The molecule has 3 heteroatoms. The standard InChI is InChI=1S/C20H19NO2/c1-14(2)21(13-15-9-5-3-6-10-15)18-17(19(22)20(18)23)16-11-7-4-8-12-16/h3-12,14H,13H2,1-2H3. The van der Waals surface area contributed by atoms with E-state index in [9.17, 15) is 9.59 Å². The third-order valence-corrected chi connectivity index (χ3v) is 4.05. The molecule has 0 radical (unpaired) electrons. The van der Waals surface area contributed by atoms with Gasteiger partial charge in [0.15, 0.2) is 0 Å². The van der Waals surface area contributed by atoms with Crippen molar-refractivity contribution < 1.29 is 0 Å². The fourth-order valence-electron chi connectivity index (χ4n) is 2.83. The molecule has 0 aliphatic carbocycles. The van der Waals surface area contributed by atoms with E-state index in [2.05, 4.69) is 0 Å². The van der Waals surface area contributed by atoms with E-state index in [4.69, 9.17) is 0 Å². The third kappa shape index (κ3) is 2.82. The first kappa shape index (κ1) is 15.2. The Balaban J connectivity index is 2.04. The topological polar surface area (TPSA) is 37.4 Å². The highest BCUT2D eigenvalue weighted by molar-refractivity contribution is 5.82. The maximum atomic E-state index is 12.2. The third-order valence-electron chi connectivity index (χ3n) is 4.05. The first-order chi connectivity index (χ1) is 11.1. The molecule has 0 aliphatic heterocycles.